The zero-order valence-corrected chi connectivity index (χ0v) is 14.0. The van der Waals surface area contributed by atoms with Gasteiger partial charge in [-0.15, -0.1) is 0 Å². The summed E-state index contributed by atoms with van der Waals surface area (Å²) in [5.41, 5.74) is 1.16. The Hall–Kier alpha value is -3.36. The fourth-order valence-electron chi connectivity index (χ4n) is 3.06. The normalized spacial score (nSPS) is 12.0. The summed E-state index contributed by atoms with van der Waals surface area (Å²) in [6.07, 6.45) is -1.74. The number of pyridine rings is 2. The number of H-pyrrole nitrogens is 1. The molecule has 0 radical (unpaired) electrons. The molecule has 27 heavy (non-hydrogen) atoms. The van der Waals surface area contributed by atoms with E-state index in [1.165, 1.54) is 13.3 Å². The van der Waals surface area contributed by atoms with E-state index in [2.05, 4.69) is 15.2 Å². The first kappa shape index (κ1) is 17.1. The van der Waals surface area contributed by atoms with Gasteiger partial charge in [-0.3, -0.25) is 14.5 Å². The molecule has 6 nitrogen and oxygen atoms in total. The minimum absolute atomic E-state index is 0.116. The van der Waals surface area contributed by atoms with E-state index in [0.717, 1.165) is 4.57 Å². The lowest BCUT2D eigenvalue weighted by Crippen LogP contribution is -2.28. The van der Waals surface area contributed by atoms with Crippen LogP contribution in [-0.2, 0) is 6.54 Å². The molecule has 0 bridgehead atoms. The van der Waals surface area contributed by atoms with E-state index < -0.39 is 18.3 Å². The second-order valence-corrected chi connectivity index (χ2v) is 5.99. The molecule has 0 saturated heterocycles. The standard InChI is InChI=1S/C18H13F3N4O2/c1-27-15-5-3-11(7-22-15)10-2-4-12-14(6-10)25(9-18(19,20)21)17(26)13-8-23-24-16(12)13/h2-8H,9H2,1H3,(H,23,24). The van der Waals surface area contributed by atoms with Crippen LogP contribution in [0.4, 0.5) is 13.2 Å². The number of aromatic nitrogens is 4. The molecular formula is C18H13F3N4O2. The van der Waals surface area contributed by atoms with Crippen LogP contribution in [0.5, 0.6) is 5.88 Å². The van der Waals surface area contributed by atoms with Gasteiger partial charge in [-0.05, 0) is 17.7 Å². The van der Waals surface area contributed by atoms with Crippen LogP contribution < -0.4 is 10.3 Å². The number of hydrogen-bond donors (Lipinski definition) is 1. The first-order valence-electron chi connectivity index (χ1n) is 7.94. The van der Waals surface area contributed by atoms with Crippen LogP contribution in [0.1, 0.15) is 0 Å². The highest BCUT2D eigenvalue weighted by Crippen LogP contribution is 2.29. The highest BCUT2D eigenvalue weighted by molar-refractivity contribution is 6.04. The van der Waals surface area contributed by atoms with Gasteiger partial charge < -0.3 is 4.74 Å². The number of alkyl halides is 3. The molecule has 0 aliphatic rings. The summed E-state index contributed by atoms with van der Waals surface area (Å²) in [6.45, 7) is -1.38. The van der Waals surface area contributed by atoms with Gasteiger partial charge in [-0.2, -0.15) is 18.3 Å². The highest BCUT2D eigenvalue weighted by atomic mass is 19.4. The van der Waals surface area contributed by atoms with Gasteiger partial charge in [-0.1, -0.05) is 12.1 Å². The SMILES string of the molecule is COc1ccc(-c2ccc3c4[nH]ncc4c(=O)n(CC(F)(F)F)c3c2)cn1. The molecule has 9 heteroatoms. The number of rotatable bonds is 3. The predicted octanol–water partition coefficient (Wildman–Crippen LogP) is 3.51. The zero-order chi connectivity index (χ0) is 19.2. The van der Waals surface area contributed by atoms with Crippen molar-refractivity contribution in [3.05, 3.63) is 53.1 Å². The lowest BCUT2D eigenvalue weighted by molar-refractivity contribution is -0.140. The molecular weight excluding hydrogens is 361 g/mol. The number of nitrogens with one attached hydrogen (secondary N) is 1. The Kier molecular flexibility index (Phi) is 3.87. The van der Waals surface area contributed by atoms with Crippen LogP contribution in [0.25, 0.3) is 32.9 Å². The maximum atomic E-state index is 13.1. The third kappa shape index (κ3) is 3.01. The molecule has 1 N–H and O–H groups in total. The summed E-state index contributed by atoms with van der Waals surface area (Å²) in [7, 11) is 1.49. The van der Waals surface area contributed by atoms with Crippen molar-refractivity contribution >= 4 is 21.8 Å². The lowest BCUT2D eigenvalue weighted by atomic mass is 10.0. The summed E-state index contributed by atoms with van der Waals surface area (Å²) in [5, 5.41) is 7.10. The van der Waals surface area contributed by atoms with E-state index in [1.54, 1.807) is 36.5 Å². The van der Waals surface area contributed by atoms with Gasteiger partial charge in [0.25, 0.3) is 5.56 Å². The molecule has 0 saturated carbocycles. The maximum absolute atomic E-state index is 13.1. The van der Waals surface area contributed by atoms with Crippen molar-refractivity contribution in [2.75, 3.05) is 7.11 Å². The van der Waals surface area contributed by atoms with E-state index >= 15 is 0 Å². The smallest absolute Gasteiger partial charge is 0.406 e. The fourth-order valence-corrected chi connectivity index (χ4v) is 3.06. The second kappa shape index (κ2) is 6.11. The third-order valence-corrected chi connectivity index (χ3v) is 4.29. The minimum atomic E-state index is -4.54. The monoisotopic (exact) mass is 374 g/mol. The summed E-state index contributed by atoms with van der Waals surface area (Å²) in [4.78, 5) is 16.7. The van der Waals surface area contributed by atoms with Crippen molar-refractivity contribution in [1.82, 2.24) is 19.7 Å². The topological polar surface area (TPSA) is 72.8 Å². The van der Waals surface area contributed by atoms with E-state index in [0.29, 0.717) is 27.9 Å². The molecule has 0 unspecified atom stereocenters. The van der Waals surface area contributed by atoms with Gasteiger partial charge >= 0.3 is 6.18 Å². The molecule has 1 aromatic carbocycles. The van der Waals surface area contributed by atoms with Gasteiger partial charge in [0.15, 0.2) is 0 Å². The van der Waals surface area contributed by atoms with Crippen molar-refractivity contribution in [3.8, 4) is 17.0 Å². The zero-order valence-electron chi connectivity index (χ0n) is 14.0. The molecule has 3 aromatic heterocycles. The quantitative estimate of drug-likeness (QED) is 0.596. The largest absolute Gasteiger partial charge is 0.481 e. The van der Waals surface area contributed by atoms with Crippen LogP contribution in [-0.4, -0.2) is 33.0 Å². The average molecular weight is 374 g/mol. The molecule has 0 aliphatic carbocycles. The number of fused-ring (bicyclic) bond motifs is 3. The molecule has 0 spiro atoms. The van der Waals surface area contributed by atoms with E-state index in [9.17, 15) is 18.0 Å². The Morgan fingerprint density at radius 3 is 2.56 bits per heavy atom. The minimum Gasteiger partial charge on any atom is -0.481 e. The van der Waals surface area contributed by atoms with E-state index in [-0.39, 0.29) is 10.9 Å². The Morgan fingerprint density at radius 1 is 1.11 bits per heavy atom. The number of benzene rings is 1. The molecule has 0 aliphatic heterocycles. The van der Waals surface area contributed by atoms with Crippen molar-refractivity contribution in [1.29, 1.82) is 0 Å². The van der Waals surface area contributed by atoms with E-state index in [1.807, 2.05) is 0 Å². The number of hydrogen-bond acceptors (Lipinski definition) is 4. The van der Waals surface area contributed by atoms with E-state index in [4.69, 9.17) is 4.74 Å². The Labute approximate surface area is 150 Å². The average Bonchev–Trinajstić information content (AvgIpc) is 3.14. The number of aromatic amines is 1. The van der Waals surface area contributed by atoms with Crippen LogP contribution in [0.3, 0.4) is 0 Å². The summed E-state index contributed by atoms with van der Waals surface area (Å²) in [6, 6.07) is 8.37. The number of ether oxygens (including phenoxy) is 1. The van der Waals surface area contributed by atoms with Gasteiger partial charge in [0, 0.05) is 23.2 Å². The lowest BCUT2D eigenvalue weighted by Gasteiger charge is -2.14. The molecule has 4 rings (SSSR count). The maximum Gasteiger partial charge on any atom is 0.406 e. The van der Waals surface area contributed by atoms with Crippen molar-refractivity contribution in [2.24, 2.45) is 0 Å². The van der Waals surface area contributed by atoms with Crippen molar-refractivity contribution in [2.45, 2.75) is 12.7 Å². The van der Waals surface area contributed by atoms with Gasteiger partial charge in [0.1, 0.15) is 6.54 Å². The van der Waals surface area contributed by atoms with Gasteiger partial charge in [-0.25, -0.2) is 4.98 Å². The fraction of sp³-hybridized carbons (Fsp3) is 0.167. The summed E-state index contributed by atoms with van der Waals surface area (Å²) < 4.78 is 45.0. The first-order chi connectivity index (χ1) is 12.9. The van der Waals surface area contributed by atoms with Crippen LogP contribution in [0, 0.1) is 0 Å². The Balaban J connectivity index is 1.99. The highest BCUT2D eigenvalue weighted by Gasteiger charge is 2.30. The van der Waals surface area contributed by atoms with Crippen LogP contribution >= 0.6 is 0 Å². The molecule has 0 atom stereocenters. The molecule has 0 amide bonds. The summed E-state index contributed by atoms with van der Waals surface area (Å²) in [5.74, 6) is 0.424. The number of halogens is 3. The predicted molar refractivity (Wildman–Crippen MR) is 93.7 cm³/mol. The molecule has 138 valence electrons. The Bertz CT molecular complexity index is 1190. The van der Waals surface area contributed by atoms with Crippen molar-refractivity contribution < 1.29 is 17.9 Å². The number of methoxy groups -OCH3 is 1. The van der Waals surface area contributed by atoms with Gasteiger partial charge in [0.05, 0.1) is 29.7 Å². The second-order valence-electron chi connectivity index (χ2n) is 5.99. The molecule has 4 aromatic rings. The molecule has 0 fully saturated rings. The van der Waals surface area contributed by atoms with Gasteiger partial charge in [0.2, 0.25) is 5.88 Å². The van der Waals surface area contributed by atoms with Crippen LogP contribution in [0.15, 0.2) is 47.5 Å². The number of nitrogens with zero attached hydrogens (tertiary/aromatic N) is 3. The van der Waals surface area contributed by atoms with Crippen LogP contribution in [0.2, 0.25) is 0 Å². The molecule has 3 heterocycles. The summed E-state index contributed by atoms with van der Waals surface area (Å²) >= 11 is 0. The third-order valence-electron chi connectivity index (χ3n) is 4.29. The van der Waals surface area contributed by atoms with Crippen molar-refractivity contribution in [3.63, 3.8) is 0 Å². The Morgan fingerprint density at radius 2 is 1.89 bits per heavy atom. The first-order valence-corrected chi connectivity index (χ1v) is 7.94.